The number of hydrogen-bond donors (Lipinski definition) is 2. The van der Waals surface area contributed by atoms with Crippen molar-refractivity contribution >= 4 is 16.9 Å². The first kappa shape index (κ1) is 15.6. The summed E-state index contributed by atoms with van der Waals surface area (Å²) in [5, 5.41) is 4.46. The third kappa shape index (κ3) is 3.45. The van der Waals surface area contributed by atoms with Gasteiger partial charge in [-0.15, -0.1) is 0 Å². The number of aromatic amines is 1. The lowest BCUT2D eigenvalue weighted by Gasteiger charge is -2.19. The third-order valence-electron chi connectivity index (χ3n) is 3.80. The Morgan fingerprint density at radius 3 is 2.67 bits per heavy atom. The fourth-order valence-corrected chi connectivity index (χ4v) is 2.78. The molecule has 0 saturated heterocycles. The Hall–Kier alpha value is -1.81. The van der Waals surface area contributed by atoms with Gasteiger partial charge in [0.05, 0.1) is 13.5 Å². The number of para-hydroxylation sites is 1. The number of carbonyl (C=O) groups excluding carboxylic acids is 1. The molecule has 0 aliphatic carbocycles. The van der Waals surface area contributed by atoms with Crippen LogP contribution in [0.2, 0.25) is 0 Å². The van der Waals surface area contributed by atoms with E-state index in [1.807, 2.05) is 25.2 Å². The van der Waals surface area contributed by atoms with E-state index in [4.69, 9.17) is 4.74 Å². The van der Waals surface area contributed by atoms with Crippen molar-refractivity contribution < 1.29 is 9.53 Å². The van der Waals surface area contributed by atoms with Gasteiger partial charge in [0.25, 0.3) is 0 Å². The number of methoxy groups -OCH3 is 1. The average molecular weight is 288 g/mol. The summed E-state index contributed by atoms with van der Waals surface area (Å²) in [7, 11) is 3.39. The first-order valence-corrected chi connectivity index (χ1v) is 7.40. The van der Waals surface area contributed by atoms with Crippen molar-refractivity contribution in [2.75, 3.05) is 14.2 Å². The molecule has 2 rings (SSSR count). The number of carbonyl (C=O) groups is 1. The topological polar surface area (TPSA) is 54.1 Å². The molecule has 0 radical (unpaired) electrons. The second kappa shape index (κ2) is 6.76. The first-order chi connectivity index (χ1) is 10.1. The monoisotopic (exact) mass is 288 g/mol. The van der Waals surface area contributed by atoms with Gasteiger partial charge < -0.3 is 15.0 Å². The average Bonchev–Trinajstić information content (AvgIpc) is 2.83. The summed E-state index contributed by atoms with van der Waals surface area (Å²) >= 11 is 0. The number of nitrogens with one attached hydrogen (secondary N) is 2. The summed E-state index contributed by atoms with van der Waals surface area (Å²) in [6.45, 7) is 4.40. The number of hydrogen-bond acceptors (Lipinski definition) is 3. The molecule has 0 amide bonds. The molecule has 4 nitrogen and oxygen atoms in total. The molecule has 0 aliphatic rings. The van der Waals surface area contributed by atoms with Crippen molar-refractivity contribution in [1.82, 2.24) is 10.3 Å². The molecule has 114 valence electrons. The number of H-pyrrole nitrogens is 1. The van der Waals surface area contributed by atoms with E-state index in [0.29, 0.717) is 12.3 Å². The third-order valence-corrected chi connectivity index (χ3v) is 3.80. The lowest BCUT2D eigenvalue weighted by Crippen LogP contribution is -2.20. The minimum absolute atomic E-state index is 0.206. The van der Waals surface area contributed by atoms with Crippen LogP contribution in [-0.2, 0) is 16.0 Å². The summed E-state index contributed by atoms with van der Waals surface area (Å²) in [6, 6.07) is 8.30. The molecular formula is C17H24N2O2. The Labute approximate surface area is 125 Å². The molecule has 0 unspecified atom stereocenters. The highest BCUT2D eigenvalue weighted by Gasteiger charge is 2.21. The molecule has 0 bridgehead atoms. The lowest BCUT2D eigenvalue weighted by atomic mass is 9.96. The number of fused-ring (bicyclic) bond motifs is 1. The second-order valence-electron chi connectivity index (χ2n) is 5.79. The number of aromatic nitrogens is 1. The van der Waals surface area contributed by atoms with Crippen LogP contribution in [0.3, 0.4) is 0 Å². The number of ether oxygens (including phenoxy) is 1. The summed E-state index contributed by atoms with van der Waals surface area (Å²) in [5.41, 5.74) is 3.20. The molecular weight excluding hydrogens is 264 g/mol. The molecule has 1 aromatic heterocycles. The molecule has 2 N–H and O–H groups in total. The van der Waals surface area contributed by atoms with Gasteiger partial charge in [0.2, 0.25) is 0 Å². The number of benzene rings is 1. The van der Waals surface area contributed by atoms with Crippen LogP contribution in [0.1, 0.15) is 37.6 Å². The second-order valence-corrected chi connectivity index (χ2v) is 5.79. The maximum Gasteiger partial charge on any atom is 0.310 e. The Morgan fingerprint density at radius 2 is 2.05 bits per heavy atom. The predicted molar refractivity (Wildman–Crippen MR) is 85.3 cm³/mol. The highest BCUT2D eigenvalue weighted by Crippen LogP contribution is 2.30. The van der Waals surface area contributed by atoms with Crippen LogP contribution in [-0.4, -0.2) is 25.1 Å². The highest BCUT2D eigenvalue weighted by molar-refractivity contribution is 5.88. The van der Waals surface area contributed by atoms with Crippen LogP contribution in [0.15, 0.2) is 24.3 Å². The van der Waals surface area contributed by atoms with E-state index in [9.17, 15) is 4.79 Å². The zero-order valence-corrected chi connectivity index (χ0v) is 13.2. The van der Waals surface area contributed by atoms with Crippen LogP contribution < -0.4 is 5.32 Å². The van der Waals surface area contributed by atoms with Gasteiger partial charge in [0, 0.05) is 22.6 Å². The van der Waals surface area contributed by atoms with Gasteiger partial charge in [-0.1, -0.05) is 32.0 Å². The van der Waals surface area contributed by atoms with Crippen molar-refractivity contribution in [3.05, 3.63) is 35.5 Å². The minimum atomic E-state index is -0.208. The maximum atomic E-state index is 11.8. The predicted octanol–water partition coefficient (Wildman–Crippen LogP) is 3.19. The van der Waals surface area contributed by atoms with Crippen LogP contribution in [0.25, 0.3) is 10.9 Å². The van der Waals surface area contributed by atoms with Crippen LogP contribution in [0.5, 0.6) is 0 Å². The molecule has 2 aromatic rings. The molecule has 0 fully saturated rings. The van der Waals surface area contributed by atoms with E-state index in [1.165, 1.54) is 7.11 Å². The fourth-order valence-electron chi connectivity index (χ4n) is 2.78. The summed E-state index contributed by atoms with van der Waals surface area (Å²) < 4.78 is 4.85. The van der Waals surface area contributed by atoms with Crippen LogP contribution in [0, 0.1) is 5.92 Å². The van der Waals surface area contributed by atoms with E-state index in [-0.39, 0.29) is 12.0 Å². The van der Waals surface area contributed by atoms with E-state index in [2.05, 4.69) is 30.2 Å². The number of rotatable bonds is 6. The van der Waals surface area contributed by atoms with Crippen molar-refractivity contribution in [2.24, 2.45) is 5.92 Å². The molecule has 1 aromatic carbocycles. The summed E-state index contributed by atoms with van der Waals surface area (Å²) in [5.74, 6) is 0.361. The van der Waals surface area contributed by atoms with Crippen molar-refractivity contribution in [3.8, 4) is 0 Å². The van der Waals surface area contributed by atoms with Gasteiger partial charge in [0.1, 0.15) is 0 Å². The zero-order chi connectivity index (χ0) is 15.4. The Bertz CT molecular complexity index is 616. The largest absolute Gasteiger partial charge is 0.469 e. The summed E-state index contributed by atoms with van der Waals surface area (Å²) in [6.07, 6.45) is 1.31. The smallest absolute Gasteiger partial charge is 0.310 e. The minimum Gasteiger partial charge on any atom is -0.469 e. The molecule has 1 atom stereocenters. The van der Waals surface area contributed by atoms with Crippen molar-refractivity contribution in [3.63, 3.8) is 0 Å². The van der Waals surface area contributed by atoms with E-state index in [1.54, 1.807) is 0 Å². The SMILES string of the molecule is CN[C@@H](CC(C)C)c1[nH]c2ccccc2c1CC(=O)OC. The molecule has 4 heteroatoms. The van der Waals surface area contributed by atoms with Gasteiger partial charge in [-0.3, -0.25) is 4.79 Å². The standard InChI is InChI=1S/C17H24N2O2/c1-11(2)9-15(18-3)17-13(10-16(20)21-4)12-7-5-6-8-14(12)19-17/h5-8,11,15,18-19H,9-10H2,1-4H3/t15-/m0/s1. The lowest BCUT2D eigenvalue weighted by molar-refractivity contribution is -0.139. The first-order valence-electron chi connectivity index (χ1n) is 7.40. The number of esters is 1. The normalized spacial score (nSPS) is 12.8. The van der Waals surface area contributed by atoms with E-state index >= 15 is 0 Å². The van der Waals surface area contributed by atoms with Crippen molar-refractivity contribution in [1.29, 1.82) is 0 Å². The molecule has 0 saturated carbocycles. The van der Waals surface area contributed by atoms with Gasteiger partial charge in [-0.2, -0.15) is 0 Å². The molecule has 0 spiro atoms. The zero-order valence-electron chi connectivity index (χ0n) is 13.2. The van der Waals surface area contributed by atoms with Crippen LogP contribution in [0.4, 0.5) is 0 Å². The van der Waals surface area contributed by atoms with Crippen LogP contribution >= 0.6 is 0 Å². The maximum absolute atomic E-state index is 11.8. The van der Waals surface area contributed by atoms with E-state index in [0.717, 1.165) is 28.6 Å². The van der Waals surface area contributed by atoms with Gasteiger partial charge in [-0.25, -0.2) is 0 Å². The van der Waals surface area contributed by atoms with E-state index < -0.39 is 0 Å². The van der Waals surface area contributed by atoms with Gasteiger partial charge >= 0.3 is 5.97 Å². The van der Waals surface area contributed by atoms with Gasteiger partial charge in [0.15, 0.2) is 0 Å². The molecule has 21 heavy (non-hydrogen) atoms. The molecule has 0 aliphatic heterocycles. The molecule has 1 heterocycles. The Kier molecular flexibility index (Phi) is 5.02. The van der Waals surface area contributed by atoms with Gasteiger partial charge in [-0.05, 0) is 31.0 Å². The quantitative estimate of drug-likeness (QED) is 0.803. The summed E-state index contributed by atoms with van der Waals surface area (Å²) in [4.78, 5) is 15.2. The van der Waals surface area contributed by atoms with Crippen molar-refractivity contribution in [2.45, 2.75) is 32.7 Å². The Morgan fingerprint density at radius 1 is 1.33 bits per heavy atom. The Balaban J connectivity index is 2.49. The fraction of sp³-hybridized carbons (Fsp3) is 0.471. The highest BCUT2D eigenvalue weighted by atomic mass is 16.5.